The van der Waals surface area contributed by atoms with Crippen LogP contribution in [0.3, 0.4) is 0 Å². The molecule has 0 saturated carbocycles. The van der Waals surface area contributed by atoms with Crippen molar-refractivity contribution in [2.24, 2.45) is 10.9 Å². The zero-order valence-corrected chi connectivity index (χ0v) is 16.6. The van der Waals surface area contributed by atoms with Gasteiger partial charge in [-0.25, -0.2) is 17.7 Å². The molecular weight excluding hydrogens is 344 g/mol. The van der Waals surface area contributed by atoms with Gasteiger partial charge in [-0.2, -0.15) is 0 Å². The molecule has 0 amide bonds. The third kappa shape index (κ3) is 4.70. The van der Waals surface area contributed by atoms with E-state index in [1.54, 1.807) is 20.2 Å². The van der Waals surface area contributed by atoms with Gasteiger partial charge >= 0.3 is 0 Å². The minimum absolute atomic E-state index is 0.370. The largest absolute Gasteiger partial charge is 0.357 e. The van der Waals surface area contributed by atoms with Gasteiger partial charge in [0, 0.05) is 38.6 Å². The van der Waals surface area contributed by atoms with Crippen molar-refractivity contribution in [2.75, 3.05) is 33.7 Å². The lowest BCUT2D eigenvalue weighted by molar-refractivity contribution is 0.266. The summed E-state index contributed by atoms with van der Waals surface area (Å²) in [6.45, 7) is 7.72. The molecule has 1 atom stereocenters. The molecule has 1 aromatic heterocycles. The number of guanidine groups is 1. The van der Waals surface area contributed by atoms with Crippen LogP contribution in [0.15, 0.2) is 21.3 Å². The highest BCUT2D eigenvalue weighted by molar-refractivity contribution is 7.91. The van der Waals surface area contributed by atoms with Crippen molar-refractivity contribution in [3.05, 3.63) is 17.0 Å². The molecule has 0 radical (unpaired) electrons. The molecule has 0 bridgehead atoms. The maximum Gasteiger partial charge on any atom is 0.252 e. The van der Waals surface area contributed by atoms with Gasteiger partial charge in [-0.15, -0.1) is 11.3 Å². The Bertz CT molecular complexity index is 667. The predicted octanol–water partition coefficient (Wildman–Crippen LogP) is 2.20. The number of likely N-dealkylation sites (tertiary alicyclic amines) is 1. The molecule has 6 nitrogen and oxygen atoms in total. The Kier molecular flexibility index (Phi) is 6.65. The molecule has 0 aromatic carbocycles. The van der Waals surface area contributed by atoms with Crippen molar-refractivity contribution in [1.29, 1.82) is 0 Å². The van der Waals surface area contributed by atoms with Gasteiger partial charge in [-0.1, -0.05) is 6.92 Å². The van der Waals surface area contributed by atoms with E-state index in [1.165, 1.54) is 28.5 Å². The Morgan fingerprint density at radius 3 is 2.83 bits per heavy atom. The summed E-state index contributed by atoms with van der Waals surface area (Å²) in [4.78, 5) is 7.98. The monoisotopic (exact) mass is 372 g/mol. The van der Waals surface area contributed by atoms with Gasteiger partial charge in [0.05, 0.1) is 6.54 Å². The highest BCUT2D eigenvalue weighted by Gasteiger charge is 2.21. The molecule has 136 valence electrons. The van der Waals surface area contributed by atoms with E-state index in [9.17, 15) is 8.42 Å². The first-order valence-electron chi connectivity index (χ1n) is 8.39. The summed E-state index contributed by atoms with van der Waals surface area (Å²) in [5.41, 5.74) is 0. The molecule has 1 N–H and O–H groups in total. The Hall–Kier alpha value is -1.12. The number of hydrogen-bond donors (Lipinski definition) is 1. The molecule has 1 fully saturated rings. The van der Waals surface area contributed by atoms with Gasteiger partial charge in [0.25, 0.3) is 10.0 Å². The average Bonchev–Trinajstić information content (AvgIpc) is 3.01. The van der Waals surface area contributed by atoms with Gasteiger partial charge in [-0.05, 0) is 37.8 Å². The van der Waals surface area contributed by atoms with Crippen LogP contribution in [0.4, 0.5) is 0 Å². The van der Waals surface area contributed by atoms with E-state index in [4.69, 9.17) is 4.99 Å². The topological polar surface area (TPSA) is 65.0 Å². The third-order valence-electron chi connectivity index (χ3n) is 4.05. The van der Waals surface area contributed by atoms with Crippen molar-refractivity contribution < 1.29 is 8.42 Å². The van der Waals surface area contributed by atoms with E-state index < -0.39 is 10.0 Å². The number of piperidine rings is 1. The number of hydrogen-bond acceptors (Lipinski definition) is 4. The van der Waals surface area contributed by atoms with Crippen molar-refractivity contribution in [2.45, 2.75) is 37.4 Å². The predicted molar refractivity (Wildman–Crippen MR) is 100.0 cm³/mol. The van der Waals surface area contributed by atoms with E-state index >= 15 is 0 Å². The number of sulfonamides is 1. The standard InChI is InChI=1S/C16H28N4O2S2/c1-5-17-16(20-10-6-7-13(2)12-20)18-11-14-8-9-15(23-14)24(21,22)19(3)4/h8-9,13H,5-7,10-12H2,1-4H3,(H,17,18). The van der Waals surface area contributed by atoms with E-state index in [2.05, 4.69) is 24.1 Å². The lowest BCUT2D eigenvalue weighted by atomic mass is 10.0. The Labute approximate surface area is 149 Å². The van der Waals surface area contributed by atoms with Gasteiger partial charge in [0.1, 0.15) is 4.21 Å². The van der Waals surface area contributed by atoms with E-state index in [0.29, 0.717) is 16.7 Å². The normalized spacial score (nSPS) is 19.8. The summed E-state index contributed by atoms with van der Waals surface area (Å²) in [5, 5.41) is 3.35. The van der Waals surface area contributed by atoms with Crippen LogP contribution in [0.25, 0.3) is 0 Å². The van der Waals surface area contributed by atoms with Crippen LogP contribution in [-0.4, -0.2) is 57.3 Å². The molecule has 0 aliphatic carbocycles. The zero-order valence-electron chi connectivity index (χ0n) is 14.9. The molecule has 0 spiro atoms. The van der Waals surface area contributed by atoms with E-state index in [1.807, 2.05) is 6.07 Å². The van der Waals surface area contributed by atoms with Crippen LogP contribution in [0, 0.1) is 5.92 Å². The number of nitrogens with one attached hydrogen (secondary N) is 1. The number of rotatable bonds is 5. The van der Waals surface area contributed by atoms with Crippen LogP contribution in [0.2, 0.25) is 0 Å². The van der Waals surface area contributed by atoms with Crippen LogP contribution < -0.4 is 5.32 Å². The number of nitrogens with zero attached hydrogens (tertiary/aromatic N) is 3. The summed E-state index contributed by atoms with van der Waals surface area (Å²) in [6, 6.07) is 3.52. The first-order valence-corrected chi connectivity index (χ1v) is 10.6. The van der Waals surface area contributed by atoms with Gasteiger partial charge < -0.3 is 10.2 Å². The quantitative estimate of drug-likeness (QED) is 0.636. The van der Waals surface area contributed by atoms with Crippen LogP contribution in [-0.2, 0) is 16.6 Å². The van der Waals surface area contributed by atoms with Crippen molar-refractivity contribution in [1.82, 2.24) is 14.5 Å². The maximum atomic E-state index is 12.1. The third-order valence-corrected chi connectivity index (χ3v) is 7.40. The Balaban J connectivity index is 2.10. The molecule has 2 heterocycles. The molecular formula is C16H28N4O2S2. The summed E-state index contributed by atoms with van der Waals surface area (Å²) in [7, 11) is -0.257. The fourth-order valence-corrected chi connectivity index (χ4v) is 5.17. The summed E-state index contributed by atoms with van der Waals surface area (Å²) in [6.07, 6.45) is 2.46. The average molecular weight is 373 g/mol. The molecule has 1 unspecified atom stereocenters. The van der Waals surface area contributed by atoms with Gasteiger partial charge in [-0.3, -0.25) is 0 Å². The highest BCUT2D eigenvalue weighted by Crippen LogP contribution is 2.24. The SMILES string of the molecule is CCNC(=NCc1ccc(S(=O)(=O)N(C)C)s1)N1CCCC(C)C1. The molecule has 1 saturated heterocycles. The lowest BCUT2D eigenvalue weighted by Crippen LogP contribution is -2.46. The minimum Gasteiger partial charge on any atom is -0.357 e. The Morgan fingerprint density at radius 1 is 1.46 bits per heavy atom. The Morgan fingerprint density at radius 2 is 2.21 bits per heavy atom. The molecule has 2 rings (SSSR count). The number of thiophene rings is 1. The van der Waals surface area contributed by atoms with Crippen LogP contribution in [0.1, 0.15) is 31.6 Å². The smallest absolute Gasteiger partial charge is 0.252 e. The number of aliphatic imine (C=N–C) groups is 1. The summed E-state index contributed by atoms with van der Waals surface area (Å²) < 4.78 is 25.9. The van der Waals surface area contributed by atoms with Crippen molar-refractivity contribution in [3.63, 3.8) is 0 Å². The fraction of sp³-hybridized carbons (Fsp3) is 0.688. The van der Waals surface area contributed by atoms with Crippen molar-refractivity contribution in [3.8, 4) is 0 Å². The second-order valence-electron chi connectivity index (χ2n) is 6.37. The van der Waals surface area contributed by atoms with Gasteiger partial charge in [0.15, 0.2) is 5.96 Å². The minimum atomic E-state index is -3.36. The molecule has 24 heavy (non-hydrogen) atoms. The second kappa shape index (κ2) is 8.31. The first-order chi connectivity index (χ1) is 11.3. The zero-order chi connectivity index (χ0) is 17.7. The molecule has 1 aromatic rings. The fourth-order valence-electron chi connectivity index (χ4n) is 2.72. The van der Waals surface area contributed by atoms with E-state index in [0.717, 1.165) is 30.5 Å². The molecule has 1 aliphatic heterocycles. The summed E-state index contributed by atoms with van der Waals surface area (Å²) >= 11 is 1.29. The lowest BCUT2D eigenvalue weighted by Gasteiger charge is -2.33. The highest BCUT2D eigenvalue weighted by atomic mass is 32.2. The maximum absolute atomic E-state index is 12.1. The molecule has 1 aliphatic rings. The van der Waals surface area contributed by atoms with Gasteiger partial charge in [0.2, 0.25) is 0 Å². The first kappa shape index (κ1) is 19.2. The molecule has 8 heteroatoms. The van der Waals surface area contributed by atoms with E-state index in [-0.39, 0.29) is 0 Å². The summed E-state index contributed by atoms with van der Waals surface area (Å²) in [5.74, 6) is 1.61. The second-order valence-corrected chi connectivity index (χ2v) is 9.92. The van der Waals surface area contributed by atoms with Crippen molar-refractivity contribution >= 4 is 27.3 Å². The van der Waals surface area contributed by atoms with Crippen LogP contribution >= 0.6 is 11.3 Å². The van der Waals surface area contributed by atoms with Crippen LogP contribution in [0.5, 0.6) is 0 Å².